The number of carbonyl (C=O) groups excluding carboxylic acids is 1. The molecule has 1 atom stereocenters. The molecule has 0 saturated heterocycles. The number of amides is 1. The maximum absolute atomic E-state index is 12.0. The molecule has 2 rings (SSSR count). The summed E-state index contributed by atoms with van der Waals surface area (Å²) in [5.74, 6) is -1.58. The van der Waals surface area contributed by atoms with Crippen LogP contribution in [-0.2, 0) is 11.2 Å². The van der Waals surface area contributed by atoms with E-state index in [1.165, 1.54) is 30.7 Å². The summed E-state index contributed by atoms with van der Waals surface area (Å²) in [7, 11) is 0. The Hall–Kier alpha value is -2.47. The maximum atomic E-state index is 12.0. The third kappa shape index (κ3) is 4.25. The summed E-state index contributed by atoms with van der Waals surface area (Å²) in [5.41, 5.74) is 1.02. The SMILES string of the molecule is O=C(N[C@H](Cc1ccc(Cl)nc1)C(=O)O)c1ccncc1. The molecule has 0 aliphatic heterocycles. The molecule has 0 aromatic carbocycles. The zero-order valence-corrected chi connectivity index (χ0v) is 11.6. The number of pyridine rings is 2. The molecule has 0 aliphatic carbocycles. The van der Waals surface area contributed by atoms with Gasteiger partial charge in [0.05, 0.1) is 0 Å². The lowest BCUT2D eigenvalue weighted by Gasteiger charge is -2.14. The first kappa shape index (κ1) is 14.9. The Kier molecular flexibility index (Phi) is 4.84. The van der Waals surface area contributed by atoms with Crippen molar-refractivity contribution in [3.63, 3.8) is 0 Å². The first-order valence-corrected chi connectivity index (χ1v) is 6.48. The first-order valence-electron chi connectivity index (χ1n) is 6.10. The van der Waals surface area contributed by atoms with Gasteiger partial charge in [-0.15, -0.1) is 0 Å². The minimum atomic E-state index is -1.12. The van der Waals surface area contributed by atoms with Crippen LogP contribution < -0.4 is 5.32 Å². The van der Waals surface area contributed by atoms with E-state index < -0.39 is 17.9 Å². The predicted molar refractivity (Wildman–Crippen MR) is 76.1 cm³/mol. The third-order valence-electron chi connectivity index (χ3n) is 2.77. The molecule has 7 heteroatoms. The highest BCUT2D eigenvalue weighted by molar-refractivity contribution is 6.29. The smallest absolute Gasteiger partial charge is 0.326 e. The lowest BCUT2D eigenvalue weighted by molar-refractivity contribution is -0.139. The average Bonchev–Trinajstić information content (AvgIpc) is 2.49. The summed E-state index contributed by atoms with van der Waals surface area (Å²) in [6.45, 7) is 0. The molecule has 0 unspecified atom stereocenters. The zero-order chi connectivity index (χ0) is 15.2. The third-order valence-corrected chi connectivity index (χ3v) is 3.00. The fraction of sp³-hybridized carbons (Fsp3) is 0.143. The van der Waals surface area contributed by atoms with Gasteiger partial charge in [0.15, 0.2) is 0 Å². The molecule has 0 fully saturated rings. The second kappa shape index (κ2) is 6.81. The molecule has 2 heterocycles. The van der Waals surface area contributed by atoms with Crippen molar-refractivity contribution >= 4 is 23.5 Å². The molecular formula is C14H12ClN3O3. The number of hydrogen-bond acceptors (Lipinski definition) is 4. The average molecular weight is 306 g/mol. The van der Waals surface area contributed by atoms with Crippen molar-refractivity contribution in [2.45, 2.75) is 12.5 Å². The molecule has 108 valence electrons. The Labute approximate surface area is 125 Å². The normalized spacial score (nSPS) is 11.7. The van der Waals surface area contributed by atoms with Crippen LogP contribution in [0.25, 0.3) is 0 Å². The summed E-state index contributed by atoms with van der Waals surface area (Å²) in [6, 6.07) is 5.22. The molecule has 2 N–H and O–H groups in total. The molecule has 2 aromatic heterocycles. The summed E-state index contributed by atoms with van der Waals surface area (Å²) >= 11 is 5.67. The van der Waals surface area contributed by atoms with Crippen molar-refractivity contribution in [1.82, 2.24) is 15.3 Å². The molecule has 21 heavy (non-hydrogen) atoms. The number of carboxylic acids is 1. The summed E-state index contributed by atoms with van der Waals surface area (Å²) in [4.78, 5) is 30.9. The van der Waals surface area contributed by atoms with Gasteiger partial charge in [-0.1, -0.05) is 17.7 Å². The van der Waals surface area contributed by atoms with Crippen LogP contribution in [0.3, 0.4) is 0 Å². The van der Waals surface area contributed by atoms with Gasteiger partial charge in [0.1, 0.15) is 11.2 Å². The van der Waals surface area contributed by atoms with Crippen LogP contribution in [0, 0.1) is 0 Å². The van der Waals surface area contributed by atoms with E-state index in [-0.39, 0.29) is 6.42 Å². The Morgan fingerprint density at radius 2 is 1.95 bits per heavy atom. The van der Waals surface area contributed by atoms with Gasteiger partial charge in [0.25, 0.3) is 5.91 Å². The highest BCUT2D eigenvalue weighted by atomic mass is 35.5. The highest BCUT2D eigenvalue weighted by Crippen LogP contribution is 2.08. The van der Waals surface area contributed by atoms with Crippen molar-refractivity contribution in [3.05, 3.63) is 59.1 Å². The minimum Gasteiger partial charge on any atom is -0.480 e. The molecule has 0 radical (unpaired) electrons. The number of aliphatic carboxylic acids is 1. The summed E-state index contributed by atoms with van der Waals surface area (Å²) in [6.07, 6.45) is 4.54. The number of carboxylic acid groups (broad SMARTS) is 1. The number of hydrogen-bond donors (Lipinski definition) is 2. The van der Waals surface area contributed by atoms with Gasteiger partial charge in [-0.05, 0) is 23.8 Å². The molecule has 1 amide bonds. The molecule has 0 aliphatic rings. The lowest BCUT2D eigenvalue weighted by Crippen LogP contribution is -2.42. The van der Waals surface area contributed by atoms with Crippen LogP contribution in [0.4, 0.5) is 0 Å². The fourth-order valence-corrected chi connectivity index (χ4v) is 1.82. The van der Waals surface area contributed by atoms with Crippen LogP contribution >= 0.6 is 11.6 Å². The van der Waals surface area contributed by atoms with Gasteiger partial charge in [-0.3, -0.25) is 9.78 Å². The van der Waals surface area contributed by atoms with Crippen LogP contribution in [-0.4, -0.2) is 33.0 Å². The minimum absolute atomic E-state index is 0.121. The Balaban J connectivity index is 2.07. The van der Waals surface area contributed by atoms with Crippen LogP contribution in [0.2, 0.25) is 5.15 Å². The van der Waals surface area contributed by atoms with Crippen LogP contribution in [0.5, 0.6) is 0 Å². The van der Waals surface area contributed by atoms with Crippen LogP contribution in [0.15, 0.2) is 42.9 Å². The van der Waals surface area contributed by atoms with Crippen molar-refractivity contribution in [2.24, 2.45) is 0 Å². The number of carbonyl (C=O) groups is 2. The van der Waals surface area contributed by atoms with E-state index in [2.05, 4.69) is 15.3 Å². The van der Waals surface area contributed by atoms with Crippen LogP contribution in [0.1, 0.15) is 15.9 Å². The van der Waals surface area contributed by atoms with E-state index in [4.69, 9.17) is 11.6 Å². The van der Waals surface area contributed by atoms with Gasteiger partial charge < -0.3 is 10.4 Å². The number of rotatable bonds is 5. The van der Waals surface area contributed by atoms with E-state index >= 15 is 0 Å². The Morgan fingerprint density at radius 3 is 2.52 bits per heavy atom. The van der Waals surface area contributed by atoms with Gasteiger partial charge in [-0.25, -0.2) is 9.78 Å². The van der Waals surface area contributed by atoms with Gasteiger partial charge >= 0.3 is 5.97 Å². The monoisotopic (exact) mass is 305 g/mol. The maximum Gasteiger partial charge on any atom is 0.326 e. The second-order valence-electron chi connectivity index (χ2n) is 4.29. The van der Waals surface area contributed by atoms with Gasteiger partial charge in [-0.2, -0.15) is 0 Å². The van der Waals surface area contributed by atoms with E-state index in [0.717, 1.165) is 0 Å². The van der Waals surface area contributed by atoms with E-state index in [9.17, 15) is 14.7 Å². The molecule has 0 bridgehead atoms. The fourth-order valence-electron chi connectivity index (χ4n) is 1.71. The van der Waals surface area contributed by atoms with Gasteiger partial charge in [0.2, 0.25) is 0 Å². The number of halogens is 1. The van der Waals surface area contributed by atoms with E-state index in [1.807, 2.05) is 0 Å². The second-order valence-corrected chi connectivity index (χ2v) is 4.68. The Bertz CT molecular complexity index is 632. The topological polar surface area (TPSA) is 92.2 Å². The predicted octanol–water partition coefficient (Wildman–Crippen LogP) is 1.56. The Morgan fingerprint density at radius 1 is 1.24 bits per heavy atom. The molecule has 6 nitrogen and oxygen atoms in total. The first-order chi connectivity index (χ1) is 10.1. The standard InChI is InChI=1S/C14H12ClN3O3/c15-12-2-1-9(8-17-12)7-11(14(20)21)18-13(19)10-3-5-16-6-4-10/h1-6,8,11H,7H2,(H,18,19)(H,20,21)/t11-/m1/s1. The summed E-state index contributed by atoms with van der Waals surface area (Å²) in [5, 5.41) is 12.0. The van der Waals surface area contributed by atoms with Crippen molar-refractivity contribution < 1.29 is 14.7 Å². The molecule has 0 saturated carbocycles. The lowest BCUT2D eigenvalue weighted by atomic mass is 10.1. The number of nitrogens with one attached hydrogen (secondary N) is 1. The molecule has 0 spiro atoms. The van der Waals surface area contributed by atoms with Gasteiger partial charge in [0, 0.05) is 30.6 Å². The summed E-state index contributed by atoms with van der Waals surface area (Å²) < 4.78 is 0. The quantitative estimate of drug-likeness (QED) is 0.818. The number of nitrogens with zero attached hydrogens (tertiary/aromatic N) is 2. The molecule has 2 aromatic rings. The highest BCUT2D eigenvalue weighted by Gasteiger charge is 2.21. The van der Waals surface area contributed by atoms with Crippen molar-refractivity contribution in [2.75, 3.05) is 0 Å². The van der Waals surface area contributed by atoms with Crippen molar-refractivity contribution in [3.8, 4) is 0 Å². The van der Waals surface area contributed by atoms with E-state index in [1.54, 1.807) is 12.1 Å². The largest absolute Gasteiger partial charge is 0.480 e. The van der Waals surface area contributed by atoms with E-state index in [0.29, 0.717) is 16.3 Å². The van der Waals surface area contributed by atoms with Crippen molar-refractivity contribution in [1.29, 1.82) is 0 Å². The molecular weight excluding hydrogens is 294 g/mol. The zero-order valence-electron chi connectivity index (χ0n) is 10.9. The number of aromatic nitrogens is 2.